The summed E-state index contributed by atoms with van der Waals surface area (Å²) in [7, 11) is 0. The highest BCUT2D eigenvalue weighted by Crippen LogP contribution is 2.30. The number of nitrogens with zero attached hydrogens (tertiary/aromatic N) is 1. The number of hydrogen-bond donors (Lipinski definition) is 3. The average molecular weight is 428 g/mol. The Kier molecular flexibility index (Phi) is 6.99. The van der Waals surface area contributed by atoms with E-state index in [1.54, 1.807) is 17.4 Å². The molecule has 1 aromatic carbocycles. The van der Waals surface area contributed by atoms with E-state index in [1.807, 2.05) is 36.4 Å². The van der Waals surface area contributed by atoms with Gasteiger partial charge >= 0.3 is 0 Å². The van der Waals surface area contributed by atoms with Crippen LogP contribution in [0.4, 0.5) is 0 Å². The van der Waals surface area contributed by atoms with Gasteiger partial charge in [-0.1, -0.05) is 23.7 Å². The van der Waals surface area contributed by atoms with E-state index in [9.17, 15) is 14.7 Å². The molecular formula is C21H18ClN3O3S. The van der Waals surface area contributed by atoms with Gasteiger partial charge in [-0.05, 0) is 48.0 Å². The molecule has 3 rings (SSSR count). The first-order chi connectivity index (χ1) is 14.0. The number of thiophene rings is 1. The van der Waals surface area contributed by atoms with E-state index in [0.717, 1.165) is 15.3 Å². The molecule has 0 aliphatic heterocycles. The van der Waals surface area contributed by atoms with E-state index >= 15 is 0 Å². The Hall–Kier alpha value is -3.16. The maximum atomic E-state index is 11.9. The lowest BCUT2D eigenvalue weighted by Gasteiger charge is -2.06. The van der Waals surface area contributed by atoms with E-state index in [0.29, 0.717) is 5.02 Å². The van der Waals surface area contributed by atoms with Crippen molar-refractivity contribution in [2.24, 2.45) is 0 Å². The minimum Gasteiger partial charge on any atom is -0.505 e. The summed E-state index contributed by atoms with van der Waals surface area (Å²) in [5, 5.41) is 15.5. The number of aromatic hydroxyl groups is 1. The number of pyridine rings is 1. The van der Waals surface area contributed by atoms with Gasteiger partial charge in [0.15, 0.2) is 5.69 Å². The zero-order valence-electron chi connectivity index (χ0n) is 15.3. The molecule has 3 N–H and O–H groups in total. The smallest absolute Gasteiger partial charge is 0.273 e. The lowest BCUT2D eigenvalue weighted by atomic mass is 10.2. The van der Waals surface area contributed by atoms with Crippen LogP contribution >= 0.6 is 22.9 Å². The van der Waals surface area contributed by atoms with Crippen LogP contribution in [0, 0.1) is 0 Å². The molecule has 29 heavy (non-hydrogen) atoms. The molecule has 0 saturated heterocycles. The minimum atomic E-state index is -0.500. The monoisotopic (exact) mass is 427 g/mol. The van der Waals surface area contributed by atoms with E-state index in [2.05, 4.69) is 15.6 Å². The zero-order chi connectivity index (χ0) is 20.6. The number of carbonyl (C=O) groups is 2. The van der Waals surface area contributed by atoms with E-state index in [4.69, 9.17) is 11.6 Å². The summed E-state index contributed by atoms with van der Waals surface area (Å²) in [5.74, 6) is -0.956. The number of aromatic nitrogens is 1. The number of hydrogen-bond acceptors (Lipinski definition) is 5. The van der Waals surface area contributed by atoms with Crippen molar-refractivity contribution in [2.45, 2.75) is 0 Å². The van der Waals surface area contributed by atoms with E-state index in [1.165, 1.54) is 24.4 Å². The van der Waals surface area contributed by atoms with Crippen LogP contribution in [0.2, 0.25) is 5.02 Å². The number of benzene rings is 1. The number of halogens is 1. The van der Waals surface area contributed by atoms with Crippen molar-refractivity contribution in [1.29, 1.82) is 0 Å². The van der Waals surface area contributed by atoms with Gasteiger partial charge in [-0.2, -0.15) is 0 Å². The molecule has 148 valence electrons. The van der Waals surface area contributed by atoms with Gasteiger partial charge in [-0.15, -0.1) is 11.3 Å². The molecule has 0 saturated carbocycles. The van der Waals surface area contributed by atoms with Gasteiger partial charge in [0.25, 0.3) is 5.91 Å². The van der Waals surface area contributed by atoms with Crippen molar-refractivity contribution < 1.29 is 14.7 Å². The topological polar surface area (TPSA) is 91.3 Å². The van der Waals surface area contributed by atoms with Gasteiger partial charge in [0, 0.05) is 40.1 Å². The Morgan fingerprint density at radius 1 is 1.10 bits per heavy atom. The first kappa shape index (κ1) is 20.6. The summed E-state index contributed by atoms with van der Waals surface area (Å²) < 4.78 is 0. The Morgan fingerprint density at radius 2 is 1.93 bits per heavy atom. The average Bonchev–Trinajstić information content (AvgIpc) is 3.19. The van der Waals surface area contributed by atoms with Crippen LogP contribution in [-0.4, -0.2) is 35.0 Å². The van der Waals surface area contributed by atoms with E-state index < -0.39 is 5.91 Å². The fourth-order valence-corrected chi connectivity index (χ4v) is 3.57. The van der Waals surface area contributed by atoms with Gasteiger partial charge in [0.2, 0.25) is 5.91 Å². The number of rotatable bonds is 7. The number of nitrogens with one attached hydrogen (secondary N) is 2. The fraction of sp³-hybridized carbons (Fsp3) is 0.0952. The summed E-state index contributed by atoms with van der Waals surface area (Å²) in [6.07, 6.45) is 4.60. The van der Waals surface area contributed by atoms with Crippen LogP contribution in [0.1, 0.15) is 15.4 Å². The van der Waals surface area contributed by atoms with E-state index in [-0.39, 0.29) is 30.4 Å². The molecule has 0 spiro atoms. The second kappa shape index (κ2) is 9.86. The van der Waals surface area contributed by atoms with Gasteiger partial charge < -0.3 is 15.7 Å². The third kappa shape index (κ3) is 5.91. The molecule has 0 aliphatic rings. The Balaban J connectivity index is 1.44. The zero-order valence-corrected chi connectivity index (χ0v) is 16.8. The van der Waals surface area contributed by atoms with Crippen molar-refractivity contribution in [3.63, 3.8) is 0 Å². The van der Waals surface area contributed by atoms with Gasteiger partial charge in [-0.3, -0.25) is 9.59 Å². The number of amides is 2. The summed E-state index contributed by atoms with van der Waals surface area (Å²) >= 11 is 7.58. The highest BCUT2D eigenvalue weighted by atomic mass is 35.5. The third-order valence-corrected chi connectivity index (χ3v) is 5.18. The normalized spacial score (nSPS) is 10.8. The van der Waals surface area contributed by atoms with Crippen molar-refractivity contribution in [1.82, 2.24) is 15.6 Å². The highest BCUT2D eigenvalue weighted by Gasteiger charge is 2.11. The molecule has 2 amide bonds. The molecule has 0 unspecified atom stereocenters. The Morgan fingerprint density at radius 3 is 2.72 bits per heavy atom. The predicted molar refractivity (Wildman–Crippen MR) is 115 cm³/mol. The van der Waals surface area contributed by atoms with Crippen LogP contribution < -0.4 is 10.6 Å². The largest absolute Gasteiger partial charge is 0.505 e. The minimum absolute atomic E-state index is 0.0491. The van der Waals surface area contributed by atoms with Crippen LogP contribution in [0.15, 0.2) is 60.8 Å². The molecule has 0 radical (unpaired) electrons. The predicted octanol–water partition coefficient (Wildman–Crippen LogP) is 3.73. The molecule has 2 heterocycles. The van der Waals surface area contributed by atoms with Crippen LogP contribution in [0.5, 0.6) is 5.75 Å². The third-order valence-electron chi connectivity index (χ3n) is 3.85. The van der Waals surface area contributed by atoms with Crippen molar-refractivity contribution in [2.75, 3.05) is 13.1 Å². The lowest BCUT2D eigenvalue weighted by molar-refractivity contribution is -0.116. The molecule has 2 aromatic heterocycles. The van der Waals surface area contributed by atoms with Crippen molar-refractivity contribution >= 4 is 40.8 Å². The van der Waals surface area contributed by atoms with Crippen molar-refractivity contribution in [3.8, 4) is 16.2 Å². The molecule has 0 aliphatic carbocycles. The van der Waals surface area contributed by atoms with Crippen LogP contribution in [-0.2, 0) is 4.79 Å². The second-order valence-corrected chi connectivity index (χ2v) is 7.52. The fourth-order valence-electron chi connectivity index (χ4n) is 2.47. The van der Waals surface area contributed by atoms with Crippen LogP contribution in [0.25, 0.3) is 16.5 Å². The molecule has 6 nitrogen and oxygen atoms in total. The molecule has 0 fully saturated rings. The van der Waals surface area contributed by atoms with Crippen molar-refractivity contribution in [3.05, 3.63) is 76.4 Å². The van der Waals surface area contributed by atoms with Gasteiger partial charge in [0.05, 0.1) is 0 Å². The summed E-state index contributed by atoms with van der Waals surface area (Å²) in [4.78, 5) is 29.6. The quantitative estimate of drug-likeness (QED) is 0.396. The molecule has 8 heteroatoms. The molecular weight excluding hydrogens is 410 g/mol. The maximum Gasteiger partial charge on any atom is 0.273 e. The maximum absolute atomic E-state index is 11.9. The second-order valence-electron chi connectivity index (χ2n) is 5.96. The summed E-state index contributed by atoms with van der Waals surface area (Å²) in [5.41, 5.74) is 0.980. The first-order valence-corrected chi connectivity index (χ1v) is 9.96. The molecule has 0 bridgehead atoms. The van der Waals surface area contributed by atoms with Gasteiger partial charge in [0.1, 0.15) is 5.75 Å². The van der Waals surface area contributed by atoms with Gasteiger partial charge in [-0.25, -0.2) is 4.98 Å². The first-order valence-electron chi connectivity index (χ1n) is 8.77. The molecule has 0 atom stereocenters. The van der Waals surface area contributed by atoms with Crippen LogP contribution in [0.3, 0.4) is 0 Å². The molecule has 3 aromatic rings. The highest BCUT2D eigenvalue weighted by molar-refractivity contribution is 7.16. The summed E-state index contributed by atoms with van der Waals surface area (Å²) in [6.45, 7) is 0.465. The lowest BCUT2D eigenvalue weighted by Crippen LogP contribution is -2.34. The Labute approximate surface area is 176 Å². The number of carbonyl (C=O) groups excluding carboxylic acids is 2. The standard InChI is InChI=1S/C21H18ClN3O3S/c22-15-4-1-3-14(13-15)18-8-6-16(29-18)7-9-19(27)23-11-12-25-21(28)20-17(26)5-2-10-24-20/h1-10,13,26H,11-12H2,(H,23,27)(H,25,28)/b9-7+. The SMILES string of the molecule is O=C(/C=C/c1ccc(-c2cccc(Cl)c2)s1)NCCNC(=O)c1ncccc1O. The summed E-state index contributed by atoms with van der Waals surface area (Å²) in [6, 6.07) is 14.4. The Bertz CT molecular complexity index is 1050.